The van der Waals surface area contributed by atoms with E-state index >= 15 is 0 Å². The Morgan fingerprint density at radius 1 is 1.11 bits per heavy atom. The van der Waals surface area contributed by atoms with E-state index in [9.17, 15) is 18.0 Å². The fourth-order valence-corrected chi connectivity index (χ4v) is 3.82. The van der Waals surface area contributed by atoms with Crippen LogP contribution >= 0.6 is 23.2 Å². The molecule has 1 saturated carbocycles. The molecule has 1 aliphatic carbocycles. The van der Waals surface area contributed by atoms with Crippen LogP contribution in [0.5, 0.6) is 0 Å². The summed E-state index contributed by atoms with van der Waals surface area (Å²) in [6.45, 7) is 0. The van der Waals surface area contributed by atoms with Crippen LogP contribution in [0.4, 0.5) is 13.2 Å². The predicted molar refractivity (Wildman–Crippen MR) is 103 cm³/mol. The molecule has 0 atom stereocenters. The number of hydrogen-bond acceptors (Lipinski definition) is 2. The van der Waals surface area contributed by atoms with E-state index in [0.717, 1.165) is 29.9 Å². The molecule has 4 rings (SSSR count). The number of nitrogens with zero attached hydrogens (tertiary/aromatic N) is 2. The number of alkyl halides is 3. The normalized spacial score (nSPS) is 14.6. The summed E-state index contributed by atoms with van der Waals surface area (Å²) in [6, 6.07) is 8.62. The second-order valence-corrected chi connectivity index (χ2v) is 7.77. The number of aromatic nitrogens is 2. The fraction of sp³-hybridized carbons (Fsp3) is 0.300. The molecule has 0 saturated heterocycles. The third-order valence-corrected chi connectivity index (χ3v) is 5.58. The van der Waals surface area contributed by atoms with Crippen LogP contribution in [0.25, 0.3) is 16.6 Å². The van der Waals surface area contributed by atoms with Crippen molar-refractivity contribution < 1.29 is 13.2 Å². The van der Waals surface area contributed by atoms with E-state index in [2.05, 4.69) is 4.98 Å². The molecule has 0 radical (unpaired) electrons. The molecule has 3 nitrogen and oxygen atoms in total. The van der Waals surface area contributed by atoms with Crippen molar-refractivity contribution >= 4 is 34.1 Å². The van der Waals surface area contributed by atoms with Gasteiger partial charge in [-0.25, -0.2) is 4.79 Å². The lowest BCUT2D eigenvalue weighted by molar-refractivity contribution is -0.137. The van der Waals surface area contributed by atoms with Gasteiger partial charge in [-0.2, -0.15) is 18.2 Å². The molecule has 8 heteroatoms. The first-order valence-corrected chi connectivity index (χ1v) is 9.58. The maximum absolute atomic E-state index is 13.4. The van der Waals surface area contributed by atoms with Gasteiger partial charge >= 0.3 is 11.9 Å². The number of hydrogen-bond donors (Lipinski definition) is 0. The minimum atomic E-state index is -4.65. The Bertz CT molecular complexity index is 1120. The Kier molecular flexibility index (Phi) is 4.88. The lowest BCUT2D eigenvalue weighted by atomic mass is 10.0. The maximum atomic E-state index is 13.4. The first-order valence-electron chi connectivity index (χ1n) is 8.83. The summed E-state index contributed by atoms with van der Waals surface area (Å²) in [5, 5.41) is 0.249. The summed E-state index contributed by atoms with van der Waals surface area (Å²) in [6.07, 6.45) is -1.02. The number of para-hydroxylation sites is 1. The highest BCUT2D eigenvalue weighted by molar-refractivity contribution is 6.33. The van der Waals surface area contributed by atoms with Gasteiger partial charge in [0.15, 0.2) is 0 Å². The molecule has 28 heavy (non-hydrogen) atoms. The summed E-state index contributed by atoms with van der Waals surface area (Å²) in [4.78, 5) is 17.0. The highest BCUT2D eigenvalue weighted by atomic mass is 35.5. The largest absolute Gasteiger partial charge is 0.417 e. The van der Waals surface area contributed by atoms with Crippen LogP contribution in [0.2, 0.25) is 10.0 Å². The minimum Gasteiger partial charge on any atom is -0.259 e. The number of fused-ring (bicyclic) bond motifs is 1. The summed E-state index contributed by atoms with van der Waals surface area (Å²) in [5.41, 5.74) is -0.833. The first kappa shape index (κ1) is 19.3. The SMILES string of the molecule is O=c1nc(CCC2CC2)c2cc(Cl)c(C(F)(F)F)cc2n1-c1ccccc1Cl. The zero-order valence-corrected chi connectivity index (χ0v) is 16.1. The van der Waals surface area contributed by atoms with Gasteiger partial charge in [-0.05, 0) is 43.0 Å². The molecule has 0 N–H and O–H groups in total. The highest BCUT2D eigenvalue weighted by Crippen LogP contribution is 2.39. The van der Waals surface area contributed by atoms with E-state index in [1.54, 1.807) is 24.3 Å². The van der Waals surface area contributed by atoms with Crippen LogP contribution in [0.15, 0.2) is 41.2 Å². The standard InChI is InChI=1S/C20H15Cl2F3N2O/c21-14-3-1-2-4-17(14)27-18-10-13(20(23,24)25)15(22)9-12(18)16(26-19(27)28)8-7-11-5-6-11/h1-4,9-11H,5-8H2. The maximum Gasteiger partial charge on any atom is 0.417 e. The monoisotopic (exact) mass is 426 g/mol. The molecular weight excluding hydrogens is 412 g/mol. The Morgan fingerprint density at radius 3 is 2.46 bits per heavy atom. The highest BCUT2D eigenvalue weighted by Gasteiger charge is 2.34. The van der Waals surface area contributed by atoms with Gasteiger partial charge in [0.25, 0.3) is 0 Å². The quantitative estimate of drug-likeness (QED) is 0.508. The van der Waals surface area contributed by atoms with Gasteiger partial charge in [-0.3, -0.25) is 4.57 Å². The van der Waals surface area contributed by atoms with Crippen molar-refractivity contribution in [1.82, 2.24) is 9.55 Å². The van der Waals surface area contributed by atoms with E-state index in [1.807, 2.05) is 0 Å². The summed E-state index contributed by atoms with van der Waals surface area (Å²) in [5.74, 6) is 0.591. The molecular formula is C20H15Cl2F3N2O. The van der Waals surface area contributed by atoms with Crippen LogP contribution in [0.3, 0.4) is 0 Å². The van der Waals surface area contributed by atoms with Crippen LogP contribution < -0.4 is 5.69 Å². The molecule has 0 bridgehead atoms. The topological polar surface area (TPSA) is 34.9 Å². The zero-order chi connectivity index (χ0) is 20.1. The Labute approximate surface area is 168 Å². The van der Waals surface area contributed by atoms with Crippen molar-refractivity contribution in [2.75, 3.05) is 0 Å². The van der Waals surface area contributed by atoms with E-state index in [4.69, 9.17) is 23.2 Å². The van der Waals surface area contributed by atoms with Crippen molar-refractivity contribution in [1.29, 1.82) is 0 Å². The van der Waals surface area contributed by atoms with Gasteiger partial charge in [0.05, 0.1) is 32.5 Å². The smallest absolute Gasteiger partial charge is 0.259 e. The summed E-state index contributed by atoms with van der Waals surface area (Å²) < 4.78 is 41.4. The van der Waals surface area contributed by atoms with Gasteiger partial charge in [-0.15, -0.1) is 0 Å². The van der Waals surface area contributed by atoms with Crippen molar-refractivity contribution in [2.24, 2.45) is 5.92 Å². The average Bonchev–Trinajstić information content (AvgIpc) is 3.44. The number of benzene rings is 2. The molecule has 3 aromatic rings. The minimum absolute atomic E-state index is 0.0932. The first-order chi connectivity index (χ1) is 13.3. The lowest BCUT2D eigenvalue weighted by Crippen LogP contribution is -2.24. The van der Waals surface area contributed by atoms with Crippen LogP contribution in [0, 0.1) is 5.92 Å². The molecule has 0 aliphatic heterocycles. The average molecular weight is 427 g/mol. The molecule has 1 fully saturated rings. The third kappa shape index (κ3) is 3.63. The molecule has 0 spiro atoms. The van der Waals surface area contributed by atoms with Gasteiger partial charge < -0.3 is 0 Å². The third-order valence-electron chi connectivity index (χ3n) is 4.94. The van der Waals surface area contributed by atoms with E-state index in [-0.39, 0.29) is 16.2 Å². The second-order valence-electron chi connectivity index (χ2n) is 6.96. The van der Waals surface area contributed by atoms with E-state index in [0.29, 0.717) is 23.4 Å². The molecule has 0 unspecified atom stereocenters. The predicted octanol–water partition coefficient (Wildman–Crippen LogP) is 6.05. The Hall–Kier alpha value is -2.05. The van der Waals surface area contributed by atoms with E-state index in [1.165, 1.54) is 6.07 Å². The number of aryl methyl sites for hydroxylation is 1. The molecule has 146 valence electrons. The van der Waals surface area contributed by atoms with E-state index < -0.39 is 22.5 Å². The fourth-order valence-electron chi connectivity index (χ4n) is 3.33. The Balaban J connectivity index is 2.02. The van der Waals surface area contributed by atoms with Gasteiger partial charge in [0.2, 0.25) is 0 Å². The molecule has 1 aromatic heterocycles. The van der Waals surface area contributed by atoms with Crippen LogP contribution in [-0.2, 0) is 12.6 Å². The molecule has 2 aromatic carbocycles. The molecule has 0 amide bonds. The zero-order valence-electron chi connectivity index (χ0n) is 14.6. The number of halogens is 5. The second kappa shape index (κ2) is 7.08. The summed E-state index contributed by atoms with van der Waals surface area (Å²) in [7, 11) is 0. The van der Waals surface area contributed by atoms with Gasteiger partial charge in [-0.1, -0.05) is 48.2 Å². The van der Waals surface area contributed by atoms with Gasteiger partial charge in [0, 0.05) is 5.39 Å². The van der Waals surface area contributed by atoms with Crippen molar-refractivity contribution in [3.05, 3.63) is 68.2 Å². The van der Waals surface area contributed by atoms with Crippen molar-refractivity contribution in [3.8, 4) is 5.69 Å². The lowest BCUT2D eigenvalue weighted by Gasteiger charge is -2.17. The van der Waals surface area contributed by atoms with Gasteiger partial charge in [0.1, 0.15) is 0 Å². The van der Waals surface area contributed by atoms with Crippen molar-refractivity contribution in [2.45, 2.75) is 31.9 Å². The molecule has 1 aliphatic rings. The Morgan fingerprint density at radius 2 is 1.82 bits per heavy atom. The number of rotatable bonds is 4. The van der Waals surface area contributed by atoms with Crippen molar-refractivity contribution in [3.63, 3.8) is 0 Å². The molecule has 1 heterocycles. The van der Waals surface area contributed by atoms with Crippen LogP contribution in [0.1, 0.15) is 30.5 Å². The summed E-state index contributed by atoms with van der Waals surface area (Å²) >= 11 is 12.2. The van der Waals surface area contributed by atoms with Crippen LogP contribution in [-0.4, -0.2) is 9.55 Å².